The van der Waals surface area contributed by atoms with Crippen LogP contribution in [0.15, 0.2) is 23.6 Å². The SMILES string of the molecule is COc1ccc(C)cc1-c1csc(NC(=O)C2CCN(C(=O)OCC(F)(F)F)CC2)n1. The molecule has 168 valence electrons. The van der Waals surface area contributed by atoms with Gasteiger partial charge in [-0.25, -0.2) is 9.78 Å². The molecular weight excluding hydrogens is 435 g/mol. The lowest BCUT2D eigenvalue weighted by molar-refractivity contribution is -0.162. The van der Waals surface area contributed by atoms with Crippen molar-refractivity contribution in [3.05, 3.63) is 29.1 Å². The van der Waals surface area contributed by atoms with Crippen molar-refractivity contribution in [1.29, 1.82) is 0 Å². The number of piperidine rings is 1. The van der Waals surface area contributed by atoms with Crippen molar-refractivity contribution in [2.24, 2.45) is 5.92 Å². The lowest BCUT2D eigenvalue weighted by Crippen LogP contribution is -2.42. The van der Waals surface area contributed by atoms with Crippen molar-refractivity contribution < 1.29 is 32.2 Å². The molecule has 1 N–H and O–H groups in total. The Morgan fingerprint density at radius 2 is 2.00 bits per heavy atom. The van der Waals surface area contributed by atoms with Gasteiger partial charge in [-0.1, -0.05) is 11.6 Å². The van der Waals surface area contributed by atoms with E-state index in [1.165, 1.54) is 16.2 Å². The van der Waals surface area contributed by atoms with Gasteiger partial charge in [-0.2, -0.15) is 13.2 Å². The van der Waals surface area contributed by atoms with Crippen molar-refractivity contribution in [2.45, 2.75) is 25.9 Å². The van der Waals surface area contributed by atoms with Crippen LogP contribution in [0, 0.1) is 12.8 Å². The Labute approximate surface area is 181 Å². The van der Waals surface area contributed by atoms with Crippen molar-refractivity contribution in [2.75, 3.05) is 32.1 Å². The number of benzene rings is 1. The molecule has 2 heterocycles. The van der Waals surface area contributed by atoms with Gasteiger partial charge in [0, 0.05) is 30.0 Å². The largest absolute Gasteiger partial charge is 0.496 e. The summed E-state index contributed by atoms with van der Waals surface area (Å²) in [6.45, 7) is 0.643. The molecule has 0 aliphatic carbocycles. The van der Waals surface area contributed by atoms with Gasteiger partial charge in [-0.15, -0.1) is 11.3 Å². The van der Waals surface area contributed by atoms with Crippen molar-refractivity contribution >= 4 is 28.5 Å². The molecule has 2 aromatic rings. The number of anilines is 1. The van der Waals surface area contributed by atoms with Crippen molar-refractivity contribution in [3.8, 4) is 17.0 Å². The third-order valence-electron chi connectivity index (χ3n) is 4.85. The summed E-state index contributed by atoms with van der Waals surface area (Å²) in [6, 6.07) is 5.74. The fourth-order valence-corrected chi connectivity index (χ4v) is 3.96. The highest BCUT2D eigenvalue weighted by molar-refractivity contribution is 7.14. The first-order valence-electron chi connectivity index (χ1n) is 9.56. The van der Waals surface area contributed by atoms with Crippen LogP contribution in [0.3, 0.4) is 0 Å². The summed E-state index contributed by atoms with van der Waals surface area (Å²) in [4.78, 5) is 29.9. The van der Waals surface area contributed by atoms with E-state index in [1.54, 1.807) is 7.11 Å². The molecule has 0 spiro atoms. The fraction of sp³-hybridized carbons (Fsp3) is 0.450. The molecule has 1 aliphatic heterocycles. The molecule has 1 saturated heterocycles. The van der Waals surface area contributed by atoms with Gasteiger partial charge >= 0.3 is 12.3 Å². The van der Waals surface area contributed by atoms with Crippen LogP contribution in [0.25, 0.3) is 11.3 Å². The molecule has 0 unspecified atom stereocenters. The number of alkyl halides is 3. The summed E-state index contributed by atoms with van der Waals surface area (Å²) in [5, 5.41) is 5.05. The molecule has 1 fully saturated rings. The lowest BCUT2D eigenvalue weighted by Gasteiger charge is -2.30. The smallest absolute Gasteiger partial charge is 0.422 e. The minimum atomic E-state index is -4.57. The summed E-state index contributed by atoms with van der Waals surface area (Å²) in [5.74, 6) is 0.0755. The Morgan fingerprint density at radius 3 is 2.65 bits per heavy atom. The first-order valence-corrected chi connectivity index (χ1v) is 10.4. The van der Waals surface area contributed by atoms with Crippen LogP contribution < -0.4 is 10.1 Å². The zero-order chi connectivity index (χ0) is 22.6. The Hall–Kier alpha value is -2.82. The molecule has 0 saturated carbocycles. The minimum Gasteiger partial charge on any atom is -0.496 e. The maximum atomic E-state index is 12.6. The summed E-state index contributed by atoms with van der Waals surface area (Å²) in [5.41, 5.74) is 2.56. The summed E-state index contributed by atoms with van der Waals surface area (Å²) >= 11 is 1.29. The molecule has 0 bridgehead atoms. The van der Waals surface area contributed by atoms with Gasteiger partial charge < -0.3 is 19.7 Å². The Balaban J connectivity index is 1.54. The number of likely N-dealkylation sites (tertiary alicyclic amines) is 1. The normalized spacial score (nSPS) is 14.9. The topological polar surface area (TPSA) is 80.8 Å². The van der Waals surface area contributed by atoms with Crippen LogP contribution in [0.2, 0.25) is 0 Å². The van der Waals surface area contributed by atoms with E-state index in [0.717, 1.165) is 11.1 Å². The standard InChI is InChI=1S/C20H22F3N3O4S/c1-12-3-4-16(29-2)14(9-12)15-10-31-18(24-15)25-17(27)13-5-7-26(8-6-13)19(28)30-11-20(21,22)23/h3-4,9-10,13H,5-8,11H2,1-2H3,(H,24,25,27). The molecule has 3 rings (SSSR count). The number of halogens is 3. The number of aryl methyl sites for hydroxylation is 1. The van der Waals surface area contributed by atoms with Gasteiger partial charge in [-0.3, -0.25) is 4.79 Å². The van der Waals surface area contributed by atoms with Crippen molar-refractivity contribution in [3.63, 3.8) is 0 Å². The van der Waals surface area contributed by atoms with E-state index in [9.17, 15) is 22.8 Å². The Bertz CT molecular complexity index is 940. The van der Waals surface area contributed by atoms with Gasteiger partial charge in [0.2, 0.25) is 5.91 Å². The van der Waals surface area contributed by atoms with Crippen LogP contribution >= 0.6 is 11.3 Å². The van der Waals surface area contributed by atoms with Crippen molar-refractivity contribution in [1.82, 2.24) is 9.88 Å². The minimum absolute atomic E-state index is 0.151. The molecule has 31 heavy (non-hydrogen) atoms. The zero-order valence-corrected chi connectivity index (χ0v) is 17.8. The van der Waals surface area contributed by atoms with Gasteiger partial charge in [0.05, 0.1) is 12.8 Å². The quantitative estimate of drug-likeness (QED) is 0.716. The summed E-state index contributed by atoms with van der Waals surface area (Å²) < 4.78 is 46.1. The highest BCUT2D eigenvalue weighted by Gasteiger charge is 2.33. The Kier molecular flexibility index (Phi) is 7.04. The van der Waals surface area contributed by atoms with Gasteiger partial charge in [0.25, 0.3) is 0 Å². The molecular formula is C20H22F3N3O4S. The fourth-order valence-electron chi connectivity index (χ4n) is 3.24. The number of nitrogens with zero attached hydrogens (tertiary/aromatic N) is 2. The predicted octanol–water partition coefficient (Wildman–Crippen LogP) is 4.48. The second-order valence-electron chi connectivity index (χ2n) is 7.16. The number of carbonyl (C=O) groups excluding carboxylic acids is 2. The van der Waals surface area contributed by atoms with E-state index in [-0.39, 0.29) is 24.9 Å². The number of methoxy groups -OCH3 is 1. The van der Waals surface area contributed by atoms with Crippen LogP contribution in [-0.2, 0) is 9.53 Å². The molecule has 0 atom stereocenters. The maximum absolute atomic E-state index is 12.6. The van der Waals surface area contributed by atoms with E-state index in [0.29, 0.717) is 29.4 Å². The second-order valence-corrected chi connectivity index (χ2v) is 8.02. The van der Waals surface area contributed by atoms with E-state index >= 15 is 0 Å². The van der Waals surface area contributed by atoms with Crippen LogP contribution in [0.5, 0.6) is 5.75 Å². The summed E-state index contributed by atoms with van der Waals surface area (Å²) in [7, 11) is 1.58. The van der Waals surface area contributed by atoms with E-state index in [2.05, 4.69) is 15.0 Å². The molecule has 11 heteroatoms. The molecule has 1 aromatic carbocycles. The van der Waals surface area contributed by atoms with Gasteiger partial charge in [0.1, 0.15) is 5.75 Å². The highest BCUT2D eigenvalue weighted by Crippen LogP contribution is 2.33. The average Bonchev–Trinajstić information content (AvgIpc) is 3.19. The third kappa shape index (κ3) is 6.09. The van der Waals surface area contributed by atoms with Gasteiger partial charge in [0.15, 0.2) is 11.7 Å². The number of carbonyl (C=O) groups is 2. The van der Waals surface area contributed by atoms with E-state index in [4.69, 9.17) is 4.74 Å². The lowest BCUT2D eigenvalue weighted by atomic mass is 9.96. The number of ether oxygens (including phenoxy) is 2. The molecule has 0 radical (unpaired) electrons. The monoisotopic (exact) mass is 457 g/mol. The number of aromatic nitrogens is 1. The number of rotatable bonds is 5. The zero-order valence-electron chi connectivity index (χ0n) is 17.0. The number of hydrogen-bond donors (Lipinski definition) is 1. The second kappa shape index (κ2) is 9.54. The van der Waals surface area contributed by atoms with Crippen LogP contribution in [0.1, 0.15) is 18.4 Å². The Morgan fingerprint density at radius 1 is 1.29 bits per heavy atom. The molecule has 7 nitrogen and oxygen atoms in total. The number of hydrogen-bond acceptors (Lipinski definition) is 6. The first-order chi connectivity index (χ1) is 14.7. The predicted molar refractivity (Wildman–Crippen MR) is 109 cm³/mol. The summed E-state index contributed by atoms with van der Waals surface area (Å²) in [6.07, 6.45) is -4.93. The highest BCUT2D eigenvalue weighted by atomic mass is 32.1. The number of nitrogens with one attached hydrogen (secondary N) is 1. The molecule has 1 aliphatic rings. The molecule has 2 amide bonds. The van der Waals surface area contributed by atoms with Gasteiger partial charge in [-0.05, 0) is 31.9 Å². The third-order valence-corrected chi connectivity index (χ3v) is 5.61. The van der Waals surface area contributed by atoms with Crippen LogP contribution in [-0.4, -0.2) is 54.9 Å². The number of amides is 2. The number of thiazole rings is 1. The first kappa shape index (κ1) is 22.9. The van der Waals surface area contributed by atoms with E-state index < -0.39 is 18.9 Å². The van der Waals surface area contributed by atoms with E-state index in [1.807, 2.05) is 30.5 Å². The maximum Gasteiger partial charge on any atom is 0.422 e. The molecule has 1 aromatic heterocycles. The average molecular weight is 457 g/mol. The van der Waals surface area contributed by atoms with Crippen LogP contribution in [0.4, 0.5) is 23.1 Å².